The van der Waals surface area contributed by atoms with Crippen LogP contribution in [-0.2, 0) is 6.61 Å². The van der Waals surface area contributed by atoms with Gasteiger partial charge in [-0.3, -0.25) is 14.9 Å². The molecule has 0 saturated carbocycles. The number of hydrogen-bond acceptors (Lipinski definition) is 6. The summed E-state index contributed by atoms with van der Waals surface area (Å²) in [6.45, 7) is 0.313. The number of hydrazone groups is 1. The number of rotatable bonds is 7. The topological polar surface area (TPSA) is 123 Å². The van der Waals surface area contributed by atoms with Crippen molar-refractivity contribution in [2.75, 3.05) is 0 Å². The van der Waals surface area contributed by atoms with Crippen LogP contribution in [0.3, 0.4) is 0 Å². The maximum absolute atomic E-state index is 12.0. The van der Waals surface area contributed by atoms with E-state index < -0.39 is 10.8 Å². The second kappa shape index (κ2) is 8.87. The van der Waals surface area contributed by atoms with E-state index in [0.29, 0.717) is 12.4 Å². The molecule has 0 aliphatic heterocycles. The van der Waals surface area contributed by atoms with Crippen molar-refractivity contribution in [3.05, 3.63) is 99.9 Å². The van der Waals surface area contributed by atoms with Gasteiger partial charge in [-0.1, -0.05) is 12.1 Å². The van der Waals surface area contributed by atoms with Crippen molar-refractivity contribution in [2.24, 2.45) is 5.10 Å². The van der Waals surface area contributed by atoms with E-state index in [1.165, 1.54) is 30.5 Å². The summed E-state index contributed by atoms with van der Waals surface area (Å²) < 4.78 is 5.75. The van der Waals surface area contributed by atoms with Gasteiger partial charge < -0.3 is 9.72 Å². The summed E-state index contributed by atoms with van der Waals surface area (Å²) >= 11 is 0. The predicted octanol–water partition coefficient (Wildman–Crippen LogP) is 3.81. The van der Waals surface area contributed by atoms with Gasteiger partial charge in [0.15, 0.2) is 0 Å². The Balaban J connectivity index is 1.29. The summed E-state index contributed by atoms with van der Waals surface area (Å²) in [6.07, 6.45) is 1.49. The monoisotopic (exact) mass is 415 g/mol. The van der Waals surface area contributed by atoms with Crippen LogP contribution in [0.15, 0.2) is 77.9 Å². The van der Waals surface area contributed by atoms with Crippen molar-refractivity contribution >= 4 is 28.8 Å². The lowest BCUT2D eigenvalue weighted by molar-refractivity contribution is -0.384. The summed E-state index contributed by atoms with van der Waals surface area (Å²) in [5.74, 6) is 0.949. The number of fused-ring (bicyclic) bond motifs is 1. The number of nitro groups is 1. The fraction of sp³-hybridized carbons (Fsp3) is 0.0455. The fourth-order valence-electron chi connectivity index (χ4n) is 2.84. The van der Waals surface area contributed by atoms with Crippen LogP contribution >= 0.6 is 0 Å². The maximum atomic E-state index is 12.0. The maximum Gasteiger partial charge on any atom is 0.271 e. The summed E-state index contributed by atoms with van der Waals surface area (Å²) in [5.41, 5.74) is 5.20. The highest BCUT2D eigenvalue weighted by molar-refractivity contribution is 5.95. The second-order valence-electron chi connectivity index (χ2n) is 6.56. The van der Waals surface area contributed by atoms with Gasteiger partial charge in [0.1, 0.15) is 18.2 Å². The van der Waals surface area contributed by atoms with Crippen LogP contribution in [0.1, 0.15) is 21.7 Å². The average Bonchev–Trinajstić information content (AvgIpc) is 3.21. The van der Waals surface area contributed by atoms with Crippen molar-refractivity contribution in [2.45, 2.75) is 6.61 Å². The van der Waals surface area contributed by atoms with Crippen LogP contribution in [0.4, 0.5) is 5.69 Å². The third-order valence-corrected chi connectivity index (χ3v) is 4.41. The fourth-order valence-corrected chi connectivity index (χ4v) is 2.84. The third kappa shape index (κ3) is 4.91. The molecular weight excluding hydrogens is 398 g/mol. The predicted molar refractivity (Wildman–Crippen MR) is 115 cm³/mol. The largest absolute Gasteiger partial charge is 0.486 e. The van der Waals surface area contributed by atoms with E-state index in [9.17, 15) is 14.9 Å². The first kappa shape index (κ1) is 19.8. The van der Waals surface area contributed by atoms with Crippen LogP contribution in [0, 0.1) is 10.1 Å². The molecule has 1 amide bonds. The van der Waals surface area contributed by atoms with Crippen molar-refractivity contribution in [3.8, 4) is 5.75 Å². The average molecular weight is 415 g/mol. The van der Waals surface area contributed by atoms with Crippen molar-refractivity contribution in [1.29, 1.82) is 0 Å². The van der Waals surface area contributed by atoms with E-state index in [0.717, 1.165) is 22.4 Å². The number of nitro benzene ring substituents is 1. The highest BCUT2D eigenvalue weighted by Crippen LogP contribution is 2.15. The van der Waals surface area contributed by atoms with Gasteiger partial charge in [0.05, 0.1) is 22.2 Å². The molecule has 0 saturated heterocycles. The first-order valence-electron chi connectivity index (χ1n) is 9.33. The zero-order valence-electron chi connectivity index (χ0n) is 16.2. The summed E-state index contributed by atoms with van der Waals surface area (Å²) in [4.78, 5) is 29.8. The second-order valence-corrected chi connectivity index (χ2v) is 6.56. The van der Waals surface area contributed by atoms with E-state index in [1.54, 1.807) is 24.3 Å². The number of hydrogen-bond donors (Lipinski definition) is 2. The molecule has 4 aromatic rings. The van der Waals surface area contributed by atoms with E-state index >= 15 is 0 Å². The molecule has 0 radical (unpaired) electrons. The Morgan fingerprint density at radius 3 is 2.55 bits per heavy atom. The van der Waals surface area contributed by atoms with Crippen LogP contribution in [0.25, 0.3) is 11.0 Å². The number of ether oxygens (including phenoxy) is 1. The van der Waals surface area contributed by atoms with Crippen LogP contribution in [0.2, 0.25) is 0 Å². The molecule has 1 heterocycles. The molecule has 9 heteroatoms. The molecule has 154 valence electrons. The minimum Gasteiger partial charge on any atom is -0.486 e. The first-order valence-corrected chi connectivity index (χ1v) is 9.33. The molecule has 1 aromatic heterocycles. The van der Waals surface area contributed by atoms with E-state index in [2.05, 4.69) is 20.5 Å². The van der Waals surface area contributed by atoms with Crippen molar-refractivity contribution in [1.82, 2.24) is 15.4 Å². The van der Waals surface area contributed by atoms with E-state index in [-0.39, 0.29) is 11.3 Å². The summed E-state index contributed by atoms with van der Waals surface area (Å²) in [6, 6.07) is 20.2. The van der Waals surface area contributed by atoms with Crippen LogP contribution in [-0.4, -0.2) is 27.0 Å². The SMILES string of the molecule is O=C(N/N=C\c1ccc(OCc2nc3ccccc3[nH]2)cc1)c1ccc([N+](=O)[O-])cc1. The Hall–Kier alpha value is -4.53. The Bertz CT molecular complexity index is 1210. The number of carbonyl (C=O) groups excluding carboxylic acids is 1. The standard InChI is InChI=1S/C22H17N5O4/c28-22(16-7-9-17(10-8-16)27(29)30)26-23-13-15-5-11-18(12-6-15)31-14-21-24-19-3-1-2-4-20(19)25-21/h1-13H,14H2,(H,24,25)(H,26,28)/b23-13-. The molecule has 2 N–H and O–H groups in total. The smallest absolute Gasteiger partial charge is 0.271 e. The number of amides is 1. The van der Waals surface area contributed by atoms with Gasteiger partial charge in [0.25, 0.3) is 11.6 Å². The molecular formula is C22H17N5O4. The van der Waals surface area contributed by atoms with E-state index in [1.807, 2.05) is 24.3 Å². The minimum atomic E-state index is -0.524. The normalized spacial score (nSPS) is 11.0. The van der Waals surface area contributed by atoms with Crippen molar-refractivity contribution in [3.63, 3.8) is 0 Å². The molecule has 3 aromatic carbocycles. The number of non-ortho nitro benzene ring substituents is 1. The number of carbonyl (C=O) groups is 1. The van der Waals surface area contributed by atoms with E-state index in [4.69, 9.17) is 4.74 Å². The van der Waals surface area contributed by atoms with Crippen LogP contribution < -0.4 is 10.2 Å². The quantitative estimate of drug-likeness (QED) is 0.270. The highest BCUT2D eigenvalue weighted by atomic mass is 16.6. The number of aromatic nitrogens is 2. The van der Waals surface area contributed by atoms with Gasteiger partial charge in [-0.05, 0) is 54.1 Å². The lowest BCUT2D eigenvalue weighted by atomic mass is 10.2. The van der Waals surface area contributed by atoms with Gasteiger partial charge in [0.2, 0.25) is 0 Å². The van der Waals surface area contributed by atoms with Gasteiger partial charge in [-0.25, -0.2) is 10.4 Å². The Labute approximate surface area is 176 Å². The van der Waals surface area contributed by atoms with Gasteiger partial charge in [0, 0.05) is 17.7 Å². The number of para-hydroxylation sites is 2. The molecule has 0 fully saturated rings. The summed E-state index contributed by atoms with van der Waals surface area (Å²) in [5, 5.41) is 14.6. The van der Waals surface area contributed by atoms with Crippen molar-refractivity contribution < 1.29 is 14.5 Å². The summed E-state index contributed by atoms with van der Waals surface area (Å²) in [7, 11) is 0. The number of H-pyrrole nitrogens is 1. The molecule has 4 rings (SSSR count). The lowest BCUT2D eigenvalue weighted by Gasteiger charge is -2.04. The number of aromatic amines is 1. The van der Waals surface area contributed by atoms with Gasteiger partial charge in [-0.2, -0.15) is 5.10 Å². The zero-order valence-corrected chi connectivity index (χ0v) is 16.2. The van der Waals surface area contributed by atoms with Crippen LogP contribution in [0.5, 0.6) is 5.75 Å². The third-order valence-electron chi connectivity index (χ3n) is 4.41. The molecule has 9 nitrogen and oxygen atoms in total. The molecule has 0 spiro atoms. The Kier molecular flexibility index (Phi) is 5.66. The lowest BCUT2D eigenvalue weighted by Crippen LogP contribution is -2.17. The van der Waals surface area contributed by atoms with Gasteiger partial charge in [-0.15, -0.1) is 0 Å². The molecule has 0 bridgehead atoms. The molecule has 0 unspecified atom stereocenters. The molecule has 31 heavy (non-hydrogen) atoms. The Morgan fingerprint density at radius 1 is 1.10 bits per heavy atom. The molecule has 0 atom stereocenters. The number of nitrogens with zero attached hydrogens (tertiary/aromatic N) is 3. The number of imidazole rings is 1. The first-order chi connectivity index (χ1) is 15.1. The Morgan fingerprint density at radius 2 is 1.84 bits per heavy atom. The number of benzene rings is 3. The van der Waals surface area contributed by atoms with Gasteiger partial charge >= 0.3 is 0 Å². The minimum absolute atomic E-state index is 0.0809. The molecule has 0 aliphatic carbocycles. The highest BCUT2D eigenvalue weighted by Gasteiger charge is 2.08. The number of nitrogens with one attached hydrogen (secondary N) is 2. The zero-order chi connectivity index (χ0) is 21.6. The molecule has 0 aliphatic rings.